The molecule has 0 saturated carbocycles. The summed E-state index contributed by atoms with van der Waals surface area (Å²) in [5.41, 5.74) is 2.02. The zero-order chi connectivity index (χ0) is 16.7. The number of ketones is 1. The molecule has 1 fully saturated rings. The number of hydrogen-bond donors (Lipinski definition) is 0. The zero-order valence-corrected chi connectivity index (χ0v) is 13.4. The summed E-state index contributed by atoms with van der Waals surface area (Å²) in [6, 6.07) is 6.87. The number of Topliss-reactive ketones (excluding diaryl/α,β-unsaturated/α-hetero) is 1. The molecule has 4 rings (SSSR count). The Hall–Kier alpha value is -2.54. The Morgan fingerprint density at radius 1 is 1.29 bits per heavy atom. The Morgan fingerprint density at radius 2 is 2.12 bits per heavy atom. The summed E-state index contributed by atoms with van der Waals surface area (Å²) < 4.78 is 7.74. The van der Waals surface area contributed by atoms with E-state index in [1.165, 1.54) is 6.92 Å². The fraction of sp³-hybridized carbons (Fsp3) is 0.412. The second-order valence-corrected chi connectivity index (χ2v) is 6.26. The van der Waals surface area contributed by atoms with E-state index in [1.807, 2.05) is 4.68 Å². The molecule has 1 amide bonds. The number of fused-ring (bicyclic) bond motifs is 3. The van der Waals surface area contributed by atoms with Crippen LogP contribution in [0.15, 0.2) is 30.5 Å². The number of nitrogens with zero attached hydrogens (tertiary/aromatic N) is 4. The summed E-state index contributed by atoms with van der Waals surface area (Å²) in [7, 11) is 0. The molecule has 2 aliphatic rings. The van der Waals surface area contributed by atoms with Gasteiger partial charge in [-0.1, -0.05) is 17.3 Å². The molecule has 7 nitrogen and oxygen atoms in total. The summed E-state index contributed by atoms with van der Waals surface area (Å²) >= 11 is 0. The van der Waals surface area contributed by atoms with E-state index < -0.39 is 0 Å². The summed E-state index contributed by atoms with van der Waals surface area (Å²) in [5.74, 6) is -0.111. The van der Waals surface area contributed by atoms with Gasteiger partial charge in [-0.2, -0.15) is 0 Å². The van der Waals surface area contributed by atoms with E-state index in [1.54, 1.807) is 35.4 Å². The van der Waals surface area contributed by atoms with Crippen molar-refractivity contribution in [2.45, 2.75) is 32.1 Å². The number of carbonyl (C=O) groups is 2. The minimum Gasteiger partial charge on any atom is -0.370 e. The maximum Gasteiger partial charge on any atom is 0.253 e. The van der Waals surface area contributed by atoms with Crippen LogP contribution in [0.2, 0.25) is 0 Å². The van der Waals surface area contributed by atoms with Crippen molar-refractivity contribution < 1.29 is 14.3 Å². The highest BCUT2D eigenvalue weighted by molar-refractivity contribution is 5.99. The molecule has 24 heavy (non-hydrogen) atoms. The molecule has 2 aliphatic heterocycles. The monoisotopic (exact) mass is 326 g/mol. The number of rotatable bonds is 2. The number of aromatic nitrogens is 3. The molecular weight excluding hydrogens is 308 g/mol. The highest BCUT2D eigenvalue weighted by Crippen LogP contribution is 2.30. The molecule has 1 aromatic heterocycles. The van der Waals surface area contributed by atoms with Gasteiger partial charge in [0.2, 0.25) is 0 Å². The quantitative estimate of drug-likeness (QED) is 0.781. The topological polar surface area (TPSA) is 77.3 Å². The van der Waals surface area contributed by atoms with Crippen molar-refractivity contribution in [2.75, 3.05) is 13.1 Å². The molecule has 0 N–H and O–H groups in total. The molecule has 0 aliphatic carbocycles. The van der Waals surface area contributed by atoms with Crippen LogP contribution in [0, 0.1) is 0 Å². The van der Waals surface area contributed by atoms with Gasteiger partial charge in [-0.25, -0.2) is 4.68 Å². The summed E-state index contributed by atoms with van der Waals surface area (Å²) in [5, 5.41) is 8.09. The first-order chi connectivity index (χ1) is 11.6. The van der Waals surface area contributed by atoms with Gasteiger partial charge in [-0.15, -0.1) is 5.10 Å². The van der Waals surface area contributed by atoms with Crippen molar-refractivity contribution in [1.82, 2.24) is 19.9 Å². The normalized spacial score (nSPS) is 22.6. The van der Waals surface area contributed by atoms with Crippen LogP contribution in [-0.2, 0) is 11.3 Å². The SMILES string of the molecule is CC(=O)c1cccc(C(=O)N2CC[C@@H]3OCc4cnnn4[C@@H]3C2)c1. The van der Waals surface area contributed by atoms with Crippen LogP contribution in [0.3, 0.4) is 0 Å². The van der Waals surface area contributed by atoms with Crippen LogP contribution in [-0.4, -0.2) is 50.8 Å². The molecule has 0 spiro atoms. The first kappa shape index (κ1) is 15.0. The van der Waals surface area contributed by atoms with E-state index in [9.17, 15) is 9.59 Å². The number of likely N-dealkylation sites (tertiary alicyclic amines) is 1. The number of piperidine rings is 1. The van der Waals surface area contributed by atoms with Gasteiger partial charge in [0.1, 0.15) is 0 Å². The zero-order valence-electron chi connectivity index (χ0n) is 13.4. The fourth-order valence-corrected chi connectivity index (χ4v) is 3.42. The third kappa shape index (κ3) is 2.50. The number of carbonyl (C=O) groups excluding carboxylic acids is 2. The van der Waals surface area contributed by atoms with Gasteiger partial charge in [0.05, 0.1) is 30.6 Å². The van der Waals surface area contributed by atoms with Gasteiger partial charge in [-0.3, -0.25) is 9.59 Å². The number of benzene rings is 1. The van der Waals surface area contributed by atoms with E-state index in [2.05, 4.69) is 10.3 Å². The molecule has 1 aromatic carbocycles. The Balaban J connectivity index is 1.57. The van der Waals surface area contributed by atoms with E-state index in [4.69, 9.17) is 4.74 Å². The molecule has 0 unspecified atom stereocenters. The van der Waals surface area contributed by atoms with Crippen LogP contribution >= 0.6 is 0 Å². The van der Waals surface area contributed by atoms with Crippen molar-refractivity contribution in [3.63, 3.8) is 0 Å². The molecule has 0 bridgehead atoms. The Labute approximate surface area is 139 Å². The van der Waals surface area contributed by atoms with Gasteiger partial charge >= 0.3 is 0 Å². The molecule has 2 aromatic rings. The lowest BCUT2D eigenvalue weighted by Gasteiger charge is -2.41. The molecule has 1 saturated heterocycles. The van der Waals surface area contributed by atoms with Crippen LogP contribution in [0.1, 0.15) is 45.8 Å². The van der Waals surface area contributed by atoms with Crippen molar-refractivity contribution >= 4 is 11.7 Å². The van der Waals surface area contributed by atoms with Gasteiger partial charge in [0.25, 0.3) is 5.91 Å². The van der Waals surface area contributed by atoms with E-state index >= 15 is 0 Å². The van der Waals surface area contributed by atoms with Gasteiger partial charge < -0.3 is 9.64 Å². The maximum atomic E-state index is 12.8. The standard InChI is InChI=1S/C17H18N4O3/c1-11(22)12-3-2-4-13(7-12)17(23)20-6-5-16-15(9-20)21-14(10-24-16)8-18-19-21/h2-4,7-8,15-16H,5-6,9-10H2,1H3/t15-,16+/m1/s1. The van der Waals surface area contributed by atoms with Gasteiger partial charge in [0.15, 0.2) is 5.78 Å². The number of hydrogen-bond acceptors (Lipinski definition) is 5. The first-order valence-electron chi connectivity index (χ1n) is 8.04. The van der Waals surface area contributed by atoms with Crippen LogP contribution in [0.25, 0.3) is 0 Å². The number of ether oxygens (including phenoxy) is 1. The summed E-state index contributed by atoms with van der Waals surface area (Å²) in [4.78, 5) is 26.2. The predicted octanol–water partition coefficient (Wildman–Crippen LogP) is 1.47. The average molecular weight is 326 g/mol. The first-order valence-corrected chi connectivity index (χ1v) is 8.04. The molecule has 124 valence electrons. The molecule has 7 heteroatoms. The van der Waals surface area contributed by atoms with Crippen molar-refractivity contribution in [2.24, 2.45) is 0 Å². The predicted molar refractivity (Wildman–Crippen MR) is 84.6 cm³/mol. The van der Waals surface area contributed by atoms with E-state index in [0.717, 1.165) is 12.1 Å². The van der Waals surface area contributed by atoms with Crippen molar-refractivity contribution in [3.8, 4) is 0 Å². The fourth-order valence-electron chi connectivity index (χ4n) is 3.42. The second-order valence-electron chi connectivity index (χ2n) is 6.26. The molecule has 0 radical (unpaired) electrons. The van der Waals surface area contributed by atoms with Crippen molar-refractivity contribution in [1.29, 1.82) is 0 Å². The lowest BCUT2D eigenvalue weighted by atomic mass is 9.99. The third-order valence-electron chi connectivity index (χ3n) is 4.73. The lowest BCUT2D eigenvalue weighted by Crippen LogP contribution is -2.49. The van der Waals surface area contributed by atoms with E-state index in [-0.39, 0.29) is 23.8 Å². The third-order valence-corrected chi connectivity index (χ3v) is 4.73. The smallest absolute Gasteiger partial charge is 0.253 e. The van der Waals surface area contributed by atoms with Gasteiger partial charge in [0, 0.05) is 24.2 Å². The maximum absolute atomic E-state index is 12.8. The molecule has 2 atom stereocenters. The minimum absolute atomic E-state index is 0.00932. The Morgan fingerprint density at radius 3 is 2.96 bits per heavy atom. The molecule has 3 heterocycles. The Bertz CT molecular complexity index is 801. The second kappa shape index (κ2) is 5.83. The summed E-state index contributed by atoms with van der Waals surface area (Å²) in [6.45, 7) is 3.18. The minimum atomic E-state index is -0.0659. The van der Waals surface area contributed by atoms with Crippen LogP contribution in [0.4, 0.5) is 0 Å². The highest BCUT2D eigenvalue weighted by Gasteiger charge is 2.38. The average Bonchev–Trinajstić information content (AvgIpc) is 3.10. The van der Waals surface area contributed by atoms with E-state index in [0.29, 0.717) is 30.8 Å². The summed E-state index contributed by atoms with van der Waals surface area (Å²) in [6.07, 6.45) is 2.53. The van der Waals surface area contributed by atoms with Crippen LogP contribution < -0.4 is 0 Å². The Kier molecular flexibility index (Phi) is 3.65. The number of amides is 1. The van der Waals surface area contributed by atoms with Crippen molar-refractivity contribution in [3.05, 3.63) is 47.3 Å². The van der Waals surface area contributed by atoms with Crippen LogP contribution in [0.5, 0.6) is 0 Å². The molecular formula is C17H18N4O3. The highest BCUT2D eigenvalue weighted by atomic mass is 16.5. The van der Waals surface area contributed by atoms with Gasteiger partial charge in [-0.05, 0) is 25.5 Å². The lowest BCUT2D eigenvalue weighted by molar-refractivity contribution is -0.0605. The largest absolute Gasteiger partial charge is 0.370 e.